The zero-order chi connectivity index (χ0) is 10.7. The second-order valence-electron chi connectivity index (χ2n) is 3.79. The topological polar surface area (TPSA) is 24.9 Å². The van der Waals surface area contributed by atoms with Gasteiger partial charge in [-0.3, -0.25) is 0 Å². The van der Waals surface area contributed by atoms with Crippen LogP contribution in [0.3, 0.4) is 0 Å². The van der Waals surface area contributed by atoms with E-state index in [0.717, 1.165) is 6.42 Å². The average Bonchev–Trinajstić information content (AvgIpc) is 2.69. The Labute approximate surface area is 93.7 Å². The summed E-state index contributed by atoms with van der Waals surface area (Å²) >= 11 is 1.85. The van der Waals surface area contributed by atoms with Gasteiger partial charge < -0.3 is 5.32 Å². The van der Waals surface area contributed by atoms with E-state index < -0.39 is 0 Å². The summed E-state index contributed by atoms with van der Waals surface area (Å²) in [5.41, 5.74) is 0. The van der Waals surface area contributed by atoms with Crippen LogP contribution in [0, 0.1) is 5.82 Å². The van der Waals surface area contributed by atoms with Crippen molar-refractivity contribution in [3.63, 3.8) is 0 Å². The number of hydrogen-bond donors (Lipinski definition) is 1. The summed E-state index contributed by atoms with van der Waals surface area (Å²) in [6.07, 6.45) is 7.28. The van der Waals surface area contributed by atoms with Gasteiger partial charge in [-0.2, -0.15) is 11.8 Å². The number of halogens is 1. The van der Waals surface area contributed by atoms with Gasteiger partial charge in [-0.1, -0.05) is 6.42 Å². The Morgan fingerprint density at radius 3 is 3.13 bits per heavy atom. The summed E-state index contributed by atoms with van der Waals surface area (Å²) in [6, 6.07) is 3.42. The molecule has 0 radical (unpaired) electrons. The van der Waals surface area contributed by atoms with Crippen molar-refractivity contribution in [3.8, 4) is 0 Å². The largest absolute Gasteiger partial charge is 0.364 e. The average molecular weight is 226 g/mol. The van der Waals surface area contributed by atoms with Gasteiger partial charge in [0.15, 0.2) is 11.6 Å². The highest BCUT2D eigenvalue weighted by Crippen LogP contribution is 2.30. The predicted molar refractivity (Wildman–Crippen MR) is 62.8 cm³/mol. The molecule has 0 spiro atoms. The highest BCUT2D eigenvalue weighted by molar-refractivity contribution is 7.99. The van der Waals surface area contributed by atoms with Crippen molar-refractivity contribution in [2.45, 2.75) is 30.6 Å². The summed E-state index contributed by atoms with van der Waals surface area (Å²) in [6.45, 7) is 0. The standard InChI is InChI=1S/C11H15FN2S/c1-15-10-6-2-5-9(10)14-11-8(12)4-3-7-13-11/h3-4,7,9-10H,2,5-6H2,1H3,(H,13,14). The van der Waals surface area contributed by atoms with Crippen LogP contribution in [0.15, 0.2) is 18.3 Å². The number of rotatable bonds is 3. The van der Waals surface area contributed by atoms with E-state index in [1.807, 2.05) is 11.8 Å². The Morgan fingerprint density at radius 2 is 2.40 bits per heavy atom. The van der Waals surface area contributed by atoms with E-state index in [1.54, 1.807) is 12.3 Å². The van der Waals surface area contributed by atoms with Gasteiger partial charge >= 0.3 is 0 Å². The van der Waals surface area contributed by atoms with Gasteiger partial charge in [0.2, 0.25) is 0 Å². The number of hydrogen-bond acceptors (Lipinski definition) is 3. The number of thioether (sulfide) groups is 1. The highest BCUT2D eigenvalue weighted by Gasteiger charge is 2.27. The van der Waals surface area contributed by atoms with Crippen LogP contribution in [0.1, 0.15) is 19.3 Å². The first-order valence-corrected chi connectivity index (χ1v) is 6.50. The molecule has 0 amide bonds. The maximum Gasteiger partial charge on any atom is 0.165 e. The van der Waals surface area contributed by atoms with Gasteiger partial charge in [0.25, 0.3) is 0 Å². The van der Waals surface area contributed by atoms with Crippen molar-refractivity contribution in [2.75, 3.05) is 11.6 Å². The van der Waals surface area contributed by atoms with Crippen molar-refractivity contribution in [1.29, 1.82) is 0 Å². The van der Waals surface area contributed by atoms with Crippen LogP contribution < -0.4 is 5.32 Å². The maximum absolute atomic E-state index is 13.3. The molecular weight excluding hydrogens is 211 g/mol. The van der Waals surface area contributed by atoms with E-state index in [9.17, 15) is 4.39 Å². The molecule has 15 heavy (non-hydrogen) atoms. The third-order valence-electron chi connectivity index (χ3n) is 2.84. The van der Waals surface area contributed by atoms with Crippen molar-refractivity contribution >= 4 is 17.6 Å². The molecule has 4 heteroatoms. The second kappa shape index (κ2) is 4.84. The molecule has 1 aromatic heterocycles. The van der Waals surface area contributed by atoms with Crippen molar-refractivity contribution in [1.82, 2.24) is 4.98 Å². The van der Waals surface area contributed by atoms with E-state index >= 15 is 0 Å². The van der Waals surface area contributed by atoms with Crippen molar-refractivity contribution in [2.24, 2.45) is 0 Å². The molecule has 2 nitrogen and oxygen atoms in total. The minimum absolute atomic E-state index is 0.260. The molecule has 1 heterocycles. The molecule has 2 atom stereocenters. The lowest BCUT2D eigenvalue weighted by atomic mass is 10.2. The predicted octanol–water partition coefficient (Wildman–Crippen LogP) is 2.92. The molecule has 1 N–H and O–H groups in total. The molecule has 0 bridgehead atoms. The lowest BCUT2D eigenvalue weighted by molar-refractivity contribution is 0.618. The molecule has 0 aliphatic heterocycles. The number of aromatic nitrogens is 1. The van der Waals surface area contributed by atoms with Gasteiger partial charge in [0.05, 0.1) is 0 Å². The Morgan fingerprint density at radius 1 is 1.53 bits per heavy atom. The van der Waals surface area contributed by atoms with E-state index in [4.69, 9.17) is 0 Å². The van der Waals surface area contributed by atoms with Crippen molar-refractivity contribution < 1.29 is 4.39 Å². The molecule has 0 aromatic carbocycles. The zero-order valence-electron chi connectivity index (χ0n) is 8.74. The molecular formula is C11H15FN2S. The van der Waals surface area contributed by atoms with E-state index in [0.29, 0.717) is 17.1 Å². The molecule has 1 aliphatic carbocycles. The molecule has 1 fully saturated rings. The Kier molecular flexibility index (Phi) is 3.46. The fourth-order valence-corrected chi connectivity index (χ4v) is 2.98. The van der Waals surface area contributed by atoms with Crippen LogP contribution in [0.2, 0.25) is 0 Å². The Balaban J connectivity index is 2.05. The zero-order valence-corrected chi connectivity index (χ0v) is 9.56. The summed E-state index contributed by atoms with van der Waals surface area (Å²) in [5, 5.41) is 3.79. The first-order chi connectivity index (χ1) is 7.31. The van der Waals surface area contributed by atoms with Crippen LogP contribution in [-0.2, 0) is 0 Å². The molecule has 2 rings (SSSR count). The number of anilines is 1. The normalized spacial score (nSPS) is 25.5. The first kappa shape index (κ1) is 10.7. The molecule has 0 saturated heterocycles. The molecule has 1 aliphatic rings. The second-order valence-corrected chi connectivity index (χ2v) is 4.87. The van der Waals surface area contributed by atoms with Crippen molar-refractivity contribution in [3.05, 3.63) is 24.1 Å². The van der Waals surface area contributed by atoms with Crippen LogP contribution in [-0.4, -0.2) is 22.5 Å². The summed E-state index contributed by atoms with van der Waals surface area (Å²) < 4.78 is 13.3. The lowest BCUT2D eigenvalue weighted by Gasteiger charge is -2.19. The lowest BCUT2D eigenvalue weighted by Crippen LogP contribution is -2.26. The van der Waals surface area contributed by atoms with Crippen LogP contribution >= 0.6 is 11.8 Å². The fourth-order valence-electron chi connectivity index (χ4n) is 2.04. The van der Waals surface area contributed by atoms with Gasteiger partial charge in [-0.05, 0) is 31.2 Å². The number of pyridine rings is 1. The summed E-state index contributed by atoms with van der Waals surface area (Å²) in [4.78, 5) is 4.02. The Hall–Kier alpha value is -0.770. The van der Waals surface area contributed by atoms with Crippen LogP contribution in [0.4, 0.5) is 10.2 Å². The summed E-state index contributed by atoms with van der Waals surface area (Å²) in [7, 11) is 0. The van der Waals surface area contributed by atoms with Gasteiger partial charge in [-0.15, -0.1) is 0 Å². The number of nitrogens with one attached hydrogen (secondary N) is 1. The summed E-state index contributed by atoms with van der Waals surface area (Å²) in [5.74, 6) is 0.132. The minimum atomic E-state index is -0.260. The smallest absolute Gasteiger partial charge is 0.165 e. The van der Waals surface area contributed by atoms with Gasteiger partial charge in [0, 0.05) is 17.5 Å². The number of nitrogens with zero attached hydrogens (tertiary/aromatic N) is 1. The first-order valence-electron chi connectivity index (χ1n) is 5.21. The molecule has 2 unspecified atom stereocenters. The SMILES string of the molecule is CSC1CCCC1Nc1ncccc1F. The third kappa shape index (κ3) is 2.43. The highest BCUT2D eigenvalue weighted by atomic mass is 32.2. The van der Waals surface area contributed by atoms with Crippen LogP contribution in [0.5, 0.6) is 0 Å². The van der Waals surface area contributed by atoms with Gasteiger partial charge in [-0.25, -0.2) is 9.37 Å². The third-order valence-corrected chi connectivity index (χ3v) is 4.01. The monoisotopic (exact) mass is 226 g/mol. The van der Waals surface area contributed by atoms with Gasteiger partial charge in [0.1, 0.15) is 0 Å². The Bertz CT molecular complexity index is 332. The van der Waals surface area contributed by atoms with E-state index in [1.165, 1.54) is 18.9 Å². The maximum atomic E-state index is 13.3. The molecule has 1 saturated carbocycles. The van der Waals surface area contributed by atoms with E-state index in [2.05, 4.69) is 16.6 Å². The molecule has 82 valence electrons. The fraction of sp³-hybridized carbons (Fsp3) is 0.545. The molecule has 1 aromatic rings. The van der Waals surface area contributed by atoms with Crippen LogP contribution in [0.25, 0.3) is 0 Å². The van der Waals surface area contributed by atoms with E-state index in [-0.39, 0.29) is 5.82 Å². The minimum Gasteiger partial charge on any atom is -0.364 e. The quantitative estimate of drug-likeness (QED) is 0.857.